The molecule has 0 saturated heterocycles. The Hall–Kier alpha value is -1.47. The van der Waals surface area contributed by atoms with E-state index in [1.54, 1.807) is 23.0 Å². The minimum Gasteiger partial charge on any atom is -0.435 e. The molecule has 0 saturated carbocycles. The van der Waals surface area contributed by atoms with Crippen LogP contribution < -0.4 is 4.74 Å². The Labute approximate surface area is 123 Å². The summed E-state index contributed by atoms with van der Waals surface area (Å²) in [5, 5.41) is 14.5. The first kappa shape index (κ1) is 14.9. The Balaban J connectivity index is 2.33. The maximum Gasteiger partial charge on any atom is 0.387 e. The largest absolute Gasteiger partial charge is 0.435 e. The second-order valence-electron chi connectivity index (χ2n) is 4.05. The van der Waals surface area contributed by atoms with Gasteiger partial charge in [-0.2, -0.15) is 13.9 Å². The predicted octanol–water partition coefficient (Wildman–Crippen LogP) is 3.35. The van der Waals surface area contributed by atoms with Gasteiger partial charge in [-0.15, -0.1) is 0 Å². The summed E-state index contributed by atoms with van der Waals surface area (Å²) in [6, 6.07) is 5.99. The first-order valence-electron chi connectivity index (χ1n) is 5.97. The molecule has 0 aliphatic heterocycles. The van der Waals surface area contributed by atoms with Gasteiger partial charge in [-0.3, -0.25) is 4.68 Å². The third-order valence-corrected chi connectivity index (χ3v) is 3.40. The van der Waals surface area contributed by atoms with Crippen molar-refractivity contribution in [2.45, 2.75) is 26.2 Å². The monoisotopic (exact) mass is 346 g/mol. The summed E-state index contributed by atoms with van der Waals surface area (Å²) < 4.78 is 31.0. The third-order valence-electron chi connectivity index (χ3n) is 2.79. The van der Waals surface area contributed by atoms with Crippen LogP contribution in [0.5, 0.6) is 5.75 Å². The van der Waals surface area contributed by atoms with Crippen LogP contribution in [-0.4, -0.2) is 21.5 Å². The molecule has 1 aromatic carbocycles. The summed E-state index contributed by atoms with van der Waals surface area (Å²) in [5.74, 6) is 0.00948. The number of rotatable bonds is 5. The standard InChI is InChI=1S/C13H13BrF2N2O2/c1-2-18-11(10(14)7-17-18)12(19)8-4-3-5-9(6-8)20-13(15)16/h3-7,12-13,19H,2H2,1H3. The molecule has 108 valence electrons. The molecule has 1 unspecified atom stereocenters. The van der Waals surface area contributed by atoms with E-state index in [1.165, 1.54) is 12.1 Å². The van der Waals surface area contributed by atoms with Crippen molar-refractivity contribution in [3.8, 4) is 5.75 Å². The summed E-state index contributed by atoms with van der Waals surface area (Å²) in [4.78, 5) is 0. The Morgan fingerprint density at radius 3 is 2.85 bits per heavy atom. The highest BCUT2D eigenvalue weighted by molar-refractivity contribution is 9.10. The SMILES string of the molecule is CCn1ncc(Br)c1C(O)c1cccc(OC(F)F)c1. The number of alkyl halides is 2. The lowest BCUT2D eigenvalue weighted by Crippen LogP contribution is -2.10. The molecule has 0 fully saturated rings. The van der Waals surface area contributed by atoms with E-state index in [2.05, 4.69) is 25.8 Å². The minimum absolute atomic E-state index is 0.00948. The zero-order chi connectivity index (χ0) is 14.7. The molecule has 7 heteroatoms. The molecule has 0 amide bonds. The van der Waals surface area contributed by atoms with Crippen molar-refractivity contribution in [1.29, 1.82) is 0 Å². The number of aliphatic hydroxyl groups excluding tert-OH is 1. The highest BCUT2D eigenvalue weighted by Crippen LogP contribution is 2.30. The van der Waals surface area contributed by atoms with Gasteiger partial charge in [0.1, 0.15) is 11.9 Å². The lowest BCUT2D eigenvalue weighted by atomic mass is 10.1. The summed E-state index contributed by atoms with van der Waals surface area (Å²) in [7, 11) is 0. The van der Waals surface area contributed by atoms with E-state index in [9.17, 15) is 13.9 Å². The minimum atomic E-state index is -2.89. The van der Waals surface area contributed by atoms with Gasteiger partial charge < -0.3 is 9.84 Å². The third kappa shape index (κ3) is 3.16. The van der Waals surface area contributed by atoms with Gasteiger partial charge in [0.15, 0.2) is 0 Å². The molecule has 0 aliphatic rings. The van der Waals surface area contributed by atoms with Gasteiger partial charge in [-0.25, -0.2) is 0 Å². The molecular weight excluding hydrogens is 334 g/mol. The summed E-state index contributed by atoms with van der Waals surface area (Å²) in [6.07, 6.45) is 0.606. The van der Waals surface area contributed by atoms with Crippen LogP contribution in [0.2, 0.25) is 0 Å². The van der Waals surface area contributed by atoms with Crippen molar-refractivity contribution in [1.82, 2.24) is 9.78 Å². The van der Waals surface area contributed by atoms with Crippen LogP contribution in [0.25, 0.3) is 0 Å². The van der Waals surface area contributed by atoms with Crippen LogP contribution in [0.3, 0.4) is 0 Å². The first-order valence-corrected chi connectivity index (χ1v) is 6.76. The number of ether oxygens (including phenoxy) is 1. The topological polar surface area (TPSA) is 47.3 Å². The van der Waals surface area contributed by atoms with E-state index < -0.39 is 12.7 Å². The van der Waals surface area contributed by atoms with Gasteiger partial charge in [0.2, 0.25) is 0 Å². The van der Waals surface area contributed by atoms with E-state index >= 15 is 0 Å². The van der Waals surface area contributed by atoms with Crippen molar-refractivity contribution in [2.24, 2.45) is 0 Å². The van der Waals surface area contributed by atoms with Gasteiger partial charge in [-0.05, 0) is 40.5 Å². The Morgan fingerprint density at radius 1 is 1.45 bits per heavy atom. The predicted molar refractivity (Wildman–Crippen MR) is 72.7 cm³/mol. The fourth-order valence-corrected chi connectivity index (χ4v) is 2.43. The first-order chi connectivity index (χ1) is 9.52. The second-order valence-corrected chi connectivity index (χ2v) is 4.90. The van der Waals surface area contributed by atoms with E-state index in [-0.39, 0.29) is 5.75 Å². The number of halogens is 3. The molecular formula is C13H13BrF2N2O2. The number of aliphatic hydroxyl groups is 1. The Kier molecular flexibility index (Phi) is 4.72. The van der Waals surface area contributed by atoms with Crippen LogP contribution in [0.15, 0.2) is 34.9 Å². The van der Waals surface area contributed by atoms with E-state index in [0.29, 0.717) is 22.3 Å². The number of hydrogen-bond donors (Lipinski definition) is 1. The fraction of sp³-hybridized carbons (Fsp3) is 0.308. The van der Waals surface area contributed by atoms with E-state index in [0.717, 1.165) is 0 Å². The molecule has 0 bridgehead atoms. The summed E-state index contributed by atoms with van der Waals surface area (Å²) in [6.45, 7) is -0.410. The molecule has 1 heterocycles. The number of aryl methyl sites for hydroxylation is 1. The van der Waals surface area contributed by atoms with Gasteiger partial charge in [0.25, 0.3) is 0 Å². The Morgan fingerprint density at radius 2 is 2.20 bits per heavy atom. The lowest BCUT2D eigenvalue weighted by molar-refractivity contribution is -0.0499. The van der Waals surface area contributed by atoms with Crippen LogP contribution in [0.1, 0.15) is 24.3 Å². The quantitative estimate of drug-likeness (QED) is 0.902. The van der Waals surface area contributed by atoms with Crippen molar-refractivity contribution >= 4 is 15.9 Å². The van der Waals surface area contributed by atoms with Crippen molar-refractivity contribution in [2.75, 3.05) is 0 Å². The lowest BCUT2D eigenvalue weighted by Gasteiger charge is -2.15. The molecule has 2 aromatic rings. The molecule has 4 nitrogen and oxygen atoms in total. The van der Waals surface area contributed by atoms with Crippen LogP contribution in [0, 0.1) is 0 Å². The molecule has 0 aliphatic carbocycles. The van der Waals surface area contributed by atoms with Gasteiger partial charge >= 0.3 is 6.61 Å². The summed E-state index contributed by atoms with van der Waals surface area (Å²) in [5.41, 5.74) is 1.03. The van der Waals surface area contributed by atoms with Crippen molar-refractivity contribution in [3.05, 3.63) is 46.2 Å². The smallest absolute Gasteiger partial charge is 0.387 e. The average Bonchev–Trinajstić information content (AvgIpc) is 2.78. The zero-order valence-corrected chi connectivity index (χ0v) is 12.2. The number of nitrogens with zero attached hydrogens (tertiary/aromatic N) is 2. The maximum atomic E-state index is 12.2. The molecule has 0 spiro atoms. The number of benzene rings is 1. The normalized spacial score (nSPS) is 12.7. The Bertz CT molecular complexity index is 590. The van der Waals surface area contributed by atoms with Crippen molar-refractivity contribution < 1.29 is 18.6 Å². The van der Waals surface area contributed by atoms with E-state index in [4.69, 9.17) is 0 Å². The molecule has 0 radical (unpaired) electrons. The van der Waals surface area contributed by atoms with Gasteiger partial charge in [0.05, 0.1) is 16.4 Å². The molecule has 1 aromatic heterocycles. The van der Waals surface area contributed by atoms with Crippen LogP contribution in [0.4, 0.5) is 8.78 Å². The average molecular weight is 347 g/mol. The highest BCUT2D eigenvalue weighted by Gasteiger charge is 2.19. The fourth-order valence-electron chi connectivity index (χ4n) is 1.91. The molecule has 20 heavy (non-hydrogen) atoms. The second kappa shape index (κ2) is 6.32. The number of aromatic nitrogens is 2. The van der Waals surface area contributed by atoms with Crippen LogP contribution >= 0.6 is 15.9 Å². The molecule has 1 N–H and O–H groups in total. The van der Waals surface area contributed by atoms with Gasteiger partial charge in [-0.1, -0.05) is 12.1 Å². The van der Waals surface area contributed by atoms with Crippen molar-refractivity contribution in [3.63, 3.8) is 0 Å². The maximum absolute atomic E-state index is 12.2. The van der Waals surface area contributed by atoms with Gasteiger partial charge in [0, 0.05) is 6.54 Å². The van der Waals surface area contributed by atoms with E-state index in [1.807, 2.05) is 6.92 Å². The molecule has 1 atom stereocenters. The zero-order valence-electron chi connectivity index (χ0n) is 10.6. The summed E-state index contributed by atoms with van der Waals surface area (Å²) >= 11 is 3.32. The van der Waals surface area contributed by atoms with Crippen LogP contribution in [-0.2, 0) is 6.54 Å². The molecule has 2 rings (SSSR count). The highest BCUT2D eigenvalue weighted by atomic mass is 79.9. The number of hydrogen-bond acceptors (Lipinski definition) is 3.